The van der Waals surface area contributed by atoms with Gasteiger partial charge in [-0.15, -0.1) is 0 Å². The fraction of sp³-hybridized carbons (Fsp3) is 0.686. The Labute approximate surface area is 783 Å². The second-order valence-electron chi connectivity index (χ2n) is 34.8. The summed E-state index contributed by atoms with van der Waals surface area (Å²) in [5.41, 5.74) is 28.7. The zero-order valence-corrected chi connectivity index (χ0v) is 78.4. The number of carbonyl (C=O) groups is 20. The Hall–Kier alpha value is -12.3. The summed E-state index contributed by atoms with van der Waals surface area (Å²) in [6, 6.07) is -17.2. The number of aliphatic hydroxyl groups is 3. The van der Waals surface area contributed by atoms with Gasteiger partial charge in [0.15, 0.2) is 5.96 Å². The number of carboxylic acid groups (broad SMARTS) is 2. The highest BCUT2D eigenvalue weighted by Gasteiger charge is 2.47. The summed E-state index contributed by atoms with van der Waals surface area (Å²) >= 11 is 0. The quantitative estimate of drug-likeness (QED) is 0.0164. The van der Waals surface area contributed by atoms with E-state index < -0.39 is 272 Å². The molecule has 0 aromatic heterocycles. The Balaban J connectivity index is 1.40. The van der Waals surface area contributed by atoms with E-state index in [1.165, 1.54) is 37.5 Å². The smallest absolute Gasteiger partial charge is 0.322 e. The number of carbonyl (C=O) groups excluding carboxylic acids is 18. The molecule has 0 saturated carbocycles. The van der Waals surface area contributed by atoms with Crippen molar-refractivity contribution in [2.45, 2.75) is 294 Å². The van der Waals surface area contributed by atoms with Crippen molar-refractivity contribution in [3.8, 4) is 0 Å². The van der Waals surface area contributed by atoms with Crippen LogP contribution in [0, 0.1) is 17.8 Å². The van der Waals surface area contributed by atoms with Crippen molar-refractivity contribution in [1.82, 2.24) is 94.5 Å². The van der Waals surface area contributed by atoms with Crippen molar-refractivity contribution in [2.75, 3.05) is 65.6 Å². The van der Waals surface area contributed by atoms with Gasteiger partial charge in [0.05, 0.1) is 32.3 Å². The first-order valence-electron chi connectivity index (χ1n) is 45.7. The molecule has 0 unspecified atom stereocenters. The van der Waals surface area contributed by atoms with E-state index in [1.54, 1.807) is 71.9 Å². The Kier molecular flexibility index (Phi) is 49.4. The minimum atomic E-state index is -1.83. The molecule has 3 aliphatic rings. The molecule has 19 atom stereocenters. The highest BCUT2D eigenvalue weighted by Crippen LogP contribution is 2.28. The molecule has 3 fully saturated rings. The molecule has 0 radical (unpaired) electrons. The van der Waals surface area contributed by atoms with Crippen molar-refractivity contribution < 1.29 is 121 Å². The minimum Gasteiger partial charge on any atom is -0.481 e. The lowest BCUT2D eigenvalue weighted by Gasteiger charge is -2.34. The SMILES string of the molecule is CC[C@H](C)[C@H](NC(=O)[C@H](CO)NC(=O)[C@@H](NC(=O)[C@H](C)NC(=O)[C@@H]1CCCN1C(=O)[C@H](C)NC(=O)[C@H](C)NC(=O)[C@H](CC(=O)O)NC(=O)[C@H](C)NC(=O)[C@H](CCCN=C(N)N)NC(=O)[C@@H](N)CCCCN)C(C)C)C(=O)N[C@@H](Cc1ccccc1)C(=O)N1CCC[C@H]1C(=O)N1CCC[C@H]1C(=O)N[C@@H](CO)C(=O)N[C@@H](CO)C(=O)N[C@@H](CCCCN)C(=O)N[C@@H](CC(C)C)C(=O)NCC(=O)O. The first-order chi connectivity index (χ1) is 63.8. The monoisotopic (exact) mass is 1910 g/mol. The van der Waals surface area contributed by atoms with Crippen LogP contribution in [0.1, 0.15) is 184 Å². The zero-order chi connectivity index (χ0) is 101. The van der Waals surface area contributed by atoms with Gasteiger partial charge in [0, 0.05) is 32.6 Å². The zero-order valence-electron chi connectivity index (χ0n) is 78.4. The van der Waals surface area contributed by atoms with E-state index in [0.29, 0.717) is 37.8 Å². The maximum Gasteiger partial charge on any atom is 0.322 e. The van der Waals surface area contributed by atoms with Gasteiger partial charge >= 0.3 is 11.9 Å². The van der Waals surface area contributed by atoms with Crippen LogP contribution in [0.25, 0.3) is 0 Å². The molecule has 0 spiro atoms. The van der Waals surface area contributed by atoms with Crippen molar-refractivity contribution in [3.05, 3.63) is 35.9 Å². The molecule has 3 saturated heterocycles. The van der Waals surface area contributed by atoms with Crippen molar-refractivity contribution in [1.29, 1.82) is 0 Å². The second kappa shape index (κ2) is 58.1. The molecule has 3 heterocycles. The van der Waals surface area contributed by atoms with Crippen LogP contribution >= 0.6 is 0 Å². The fourth-order valence-corrected chi connectivity index (χ4v) is 15.2. The summed E-state index contributed by atoms with van der Waals surface area (Å²) in [6.07, 6.45) is 2.50. The molecule has 0 bridgehead atoms. The van der Waals surface area contributed by atoms with E-state index in [9.17, 15) is 112 Å². The number of hydrogen-bond acceptors (Lipinski definition) is 27. The van der Waals surface area contributed by atoms with Gasteiger partial charge in [0.2, 0.25) is 106 Å². The van der Waals surface area contributed by atoms with E-state index in [-0.39, 0.29) is 128 Å². The molecule has 0 aliphatic carbocycles. The number of benzene rings is 1. The maximum atomic E-state index is 15.1. The molecule has 135 heavy (non-hydrogen) atoms. The number of rotatable bonds is 58. The maximum absolute atomic E-state index is 15.1. The Morgan fingerprint density at radius 2 is 0.830 bits per heavy atom. The van der Waals surface area contributed by atoms with Crippen LogP contribution in [0.2, 0.25) is 0 Å². The van der Waals surface area contributed by atoms with Crippen molar-refractivity contribution >= 4 is 124 Å². The molecule has 3 aliphatic heterocycles. The summed E-state index contributed by atoms with van der Waals surface area (Å²) in [6.45, 7) is 11.7. The van der Waals surface area contributed by atoms with E-state index >= 15 is 4.79 Å². The van der Waals surface area contributed by atoms with Crippen molar-refractivity contribution in [2.24, 2.45) is 51.4 Å². The predicted octanol–water partition coefficient (Wildman–Crippen LogP) is -8.89. The van der Waals surface area contributed by atoms with Crippen LogP contribution in [0.3, 0.4) is 0 Å². The number of amides is 18. The van der Waals surface area contributed by atoms with Crippen LogP contribution in [-0.2, 0) is 102 Å². The molecular weight excluding hydrogens is 1770 g/mol. The average Bonchev–Trinajstić information content (AvgIpc) is 1.65. The number of nitrogens with one attached hydrogen (secondary N) is 15. The number of nitrogens with two attached hydrogens (primary N) is 5. The third-order valence-corrected chi connectivity index (χ3v) is 23.1. The average molecular weight is 1910 g/mol. The standard InChI is InChI=1S/C86H142N24O25/c1-11-46(6)67(82(132)102-57(38-51-23-13-12-14-24-51)84(134)110-36-22-30-63(110)85(135)109-35-21-29-62(109)80(130)104-59(42-112)77(127)103-58(41-111)76(126)99-53(26-16-18-32-88)74(124)101-55(37-44(2)3)72(122)93-40-65(116)117)107-78(128)60(43-113)105-81(131)66(45(4)5)106-70(120)49(9)96-79(129)61-28-20-34-108(61)83(133)50(10)97-68(118)47(7)95-75(125)56(39-64(114)115)100-69(119)48(8)94-73(123)54(27-19-33-92-86(90)91)98-71(121)52(89)25-15-17-31-87/h12-14,23-24,44-50,52-63,66-67,111-113H,11,15-22,25-43,87-89H2,1-10H3,(H,93,122)(H,94,123)(H,95,125)(H,96,129)(H,97,118)(H,98,121)(H,99,126)(H,100,119)(H,101,124)(H,102,132)(H,103,127)(H,104,130)(H,105,131)(H,106,120)(H,107,128)(H,114,115)(H,116,117)(H4,90,91,92)/t46-,47-,48-,49-,50-,52-,53-,54-,55-,56-,57-,58-,59-,60-,61-,62-,63-,66-,67-/m0/s1. The fourth-order valence-electron chi connectivity index (χ4n) is 15.2. The Morgan fingerprint density at radius 1 is 0.415 bits per heavy atom. The molecule has 1 aromatic rings. The number of guanidine groups is 1. The summed E-state index contributed by atoms with van der Waals surface area (Å²) in [7, 11) is 0. The first kappa shape index (κ1) is 115. The van der Waals surface area contributed by atoms with Crippen molar-refractivity contribution in [3.63, 3.8) is 0 Å². The second-order valence-corrected chi connectivity index (χ2v) is 34.8. The van der Waals surface area contributed by atoms with Crippen LogP contribution in [-0.4, -0.2) is 339 Å². The highest BCUT2D eigenvalue weighted by molar-refractivity contribution is 6.02. The largest absolute Gasteiger partial charge is 0.481 e. The third kappa shape index (κ3) is 37.4. The third-order valence-electron chi connectivity index (χ3n) is 23.1. The first-order valence-corrected chi connectivity index (χ1v) is 45.7. The van der Waals surface area contributed by atoms with Gasteiger partial charge in [-0.05, 0) is 154 Å². The lowest BCUT2D eigenvalue weighted by Crippen LogP contribution is -2.62. The van der Waals surface area contributed by atoms with Gasteiger partial charge in [-0.3, -0.25) is 101 Å². The summed E-state index contributed by atoms with van der Waals surface area (Å²) in [5.74, 6) is -21.0. The molecule has 18 amide bonds. The molecule has 49 heteroatoms. The molecule has 49 nitrogen and oxygen atoms in total. The number of aliphatic imine (C=N–C) groups is 1. The lowest BCUT2D eigenvalue weighted by atomic mass is 9.96. The van der Waals surface area contributed by atoms with E-state index in [1.807, 2.05) is 0 Å². The lowest BCUT2D eigenvalue weighted by molar-refractivity contribution is -0.148. The van der Waals surface area contributed by atoms with E-state index in [0.717, 1.165) is 4.90 Å². The topological polar surface area (TPSA) is 775 Å². The summed E-state index contributed by atoms with van der Waals surface area (Å²) < 4.78 is 0. The minimum absolute atomic E-state index is 0.00379. The number of nitrogens with zero attached hydrogens (tertiary/aromatic N) is 4. The van der Waals surface area contributed by atoms with Gasteiger partial charge < -0.3 is 149 Å². The number of carboxylic acids is 2. The number of unbranched alkanes of at least 4 members (excludes halogenated alkanes) is 2. The number of hydrogen-bond donors (Lipinski definition) is 25. The van der Waals surface area contributed by atoms with Crippen LogP contribution in [0.4, 0.5) is 0 Å². The molecule has 30 N–H and O–H groups in total. The van der Waals surface area contributed by atoms with Crippen LogP contribution < -0.4 is 108 Å². The number of aliphatic carboxylic acids is 2. The van der Waals surface area contributed by atoms with Crippen LogP contribution in [0.15, 0.2) is 35.3 Å². The molecule has 756 valence electrons. The van der Waals surface area contributed by atoms with Crippen LogP contribution in [0.5, 0.6) is 0 Å². The van der Waals surface area contributed by atoms with Gasteiger partial charge in [-0.2, -0.15) is 0 Å². The molecule has 1 aromatic carbocycles. The van der Waals surface area contributed by atoms with Gasteiger partial charge in [0.25, 0.3) is 0 Å². The Bertz CT molecular complexity index is 4260. The predicted molar refractivity (Wildman–Crippen MR) is 486 cm³/mol. The highest BCUT2D eigenvalue weighted by atomic mass is 16.4. The summed E-state index contributed by atoms with van der Waals surface area (Å²) in [5, 5.41) is 87.1. The normalized spacial score (nSPS) is 18.2. The summed E-state index contributed by atoms with van der Waals surface area (Å²) in [4.78, 5) is 281. The number of likely N-dealkylation sites (tertiary alicyclic amines) is 3. The van der Waals surface area contributed by atoms with Gasteiger partial charge in [0.1, 0.15) is 109 Å². The Morgan fingerprint density at radius 3 is 1.36 bits per heavy atom. The van der Waals surface area contributed by atoms with Gasteiger partial charge in [-0.1, -0.05) is 84.7 Å². The van der Waals surface area contributed by atoms with Gasteiger partial charge in [-0.25, -0.2) is 0 Å². The molecular formula is C86H142N24O25. The van der Waals surface area contributed by atoms with E-state index in [2.05, 4.69) is 84.7 Å². The number of aliphatic hydroxyl groups excluding tert-OH is 3. The van der Waals surface area contributed by atoms with E-state index in [4.69, 9.17) is 33.8 Å². The molecule has 4 rings (SSSR count).